The first-order chi connectivity index (χ1) is 15.5. The molecule has 180 valence electrons. The number of nitrogens with one attached hydrogen (secondary N) is 1. The number of Topliss-reactive ketones (excluding diaryl/α,β-unsaturated/α-hetero) is 1. The lowest BCUT2D eigenvalue weighted by atomic mass is 9.83. The molecular formula is C24H27ClF4N2O2. The Morgan fingerprint density at radius 2 is 1.82 bits per heavy atom. The fourth-order valence-corrected chi connectivity index (χ4v) is 4.40. The molecule has 3 rings (SSSR count). The zero-order valence-corrected chi connectivity index (χ0v) is 19.0. The van der Waals surface area contributed by atoms with E-state index in [2.05, 4.69) is 5.32 Å². The highest BCUT2D eigenvalue weighted by Crippen LogP contribution is 2.40. The molecule has 33 heavy (non-hydrogen) atoms. The lowest BCUT2D eigenvalue weighted by Gasteiger charge is -2.40. The first-order valence-electron chi connectivity index (χ1n) is 10.9. The Hall–Kier alpha value is -2.00. The third-order valence-electron chi connectivity index (χ3n) is 6.09. The van der Waals surface area contributed by atoms with Crippen molar-refractivity contribution < 1.29 is 27.5 Å². The van der Waals surface area contributed by atoms with E-state index in [1.54, 1.807) is 30.3 Å². The number of benzene rings is 2. The molecule has 0 saturated carbocycles. The molecule has 0 spiro atoms. The van der Waals surface area contributed by atoms with Crippen molar-refractivity contribution in [3.63, 3.8) is 0 Å². The molecule has 2 atom stereocenters. The average molecular weight is 487 g/mol. The number of alkyl halides is 4. The van der Waals surface area contributed by atoms with Gasteiger partial charge in [-0.15, -0.1) is 0 Å². The lowest BCUT2D eigenvalue weighted by molar-refractivity contribution is -0.137. The van der Waals surface area contributed by atoms with Gasteiger partial charge in [-0.1, -0.05) is 54.9 Å². The Labute approximate surface area is 195 Å². The van der Waals surface area contributed by atoms with Gasteiger partial charge in [0.05, 0.1) is 22.2 Å². The second-order valence-corrected chi connectivity index (χ2v) is 8.68. The molecule has 0 amide bonds. The van der Waals surface area contributed by atoms with Gasteiger partial charge in [0.15, 0.2) is 12.1 Å². The Morgan fingerprint density at radius 3 is 2.39 bits per heavy atom. The van der Waals surface area contributed by atoms with Crippen LogP contribution in [0.2, 0.25) is 5.02 Å². The van der Waals surface area contributed by atoms with Gasteiger partial charge in [0.1, 0.15) is 0 Å². The van der Waals surface area contributed by atoms with E-state index in [4.69, 9.17) is 11.6 Å². The van der Waals surface area contributed by atoms with Crippen LogP contribution >= 0.6 is 11.6 Å². The number of halogens is 5. The molecule has 1 aliphatic rings. The van der Waals surface area contributed by atoms with Gasteiger partial charge in [-0.2, -0.15) is 13.2 Å². The van der Waals surface area contributed by atoms with E-state index in [0.717, 1.165) is 12.1 Å². The first kappa shape index (κ1) is 25.6. The number of hydrogen-bond acceptors (Lipinski definition) is 4. The minimum Gasteiger partial charge on any atom is -0.385 e. The molecule has 4 nitrogen and oxygen atoms in total. The summed E-state index contributed by atoms with van der Waals surface area (Å²) in [7, 11) is 0. The molecule has 2 N–H and O–H groups in total. The summed E-state index contributed by atoms with van der Waals surface area (Å²) < 4.78 is 54.8. The van der Waals surface area contributed by atoms with Crippen molar-refractivity contribution >= 4 is 17.4 Å². The number of likely N-dealkylation sites (tertiary alicyclic amines) is 1. The molecule has 0 radical (unpaired) electrons. The molecule has 0 aromatic heterocycles. The maximum atomic E-state index is 15.2. The van der Waals surface area contributed by atoms with Gasteiger partial charge in [0, 0.05) is 25.1 Å². The molecule has 0 bridgehead atoms. The third kappa shape index (κ3) is 6.12. The highest BCUT2D eigenvalue weighted by Gasteiger charge is 2.40. The van der Waals surface area contributed by atoms with Crippen LogP contribution in [-0.2, 0) is 11.8 Å². The number of hydrogen-bond donors (Lipinski definition) is 2. The zero-order chi connectivity index (χ0) is 24.2. The monoisotopic (exact) mass is 486 g/mol. The summed E-state index contributed by atoms with van der Waals surface area (Å²) in [5.74, 6) is -0.200. The molecule has 2 unspecified atom stereocenters. The Bertz CT molecular complexity index is 947. The standard InChI is InChI=1S/C24H27ClF4N2O2/c1-2-30-20(22(32)16-6-4-3-5-7-16)15-21(26)31-12-10-23(33,11-13-31)17-8-9-19(25)18(14-17)24(27,28)29/h3-9,14,20-21,30,33H,2,10-13,15H2,1H3. The minimum atomic E-state index is -4.64. The van der Waals surface area contributed by atoms with E-state index < -0.39 is 34.7 Å². The van der Waals surface area contributed by atoms with E-state index in [1.807, 2.05) is 6.92 Å². The van der Waals surface area contributed by atoms with Crippen LogP contribution in [-0.4, -0.2) is 47.8 Å². The maximum Gasteiger partial charge on any atom is 0.417 e. The summed E-state index contributed by atoms with van der Waals surface area (Å²) in [4.78, 5) is 14.3. The van der Waals surface area contributed by atoms with Crippen LogP contribution in [0, 0.1) is 0 Å². The number of rotatable bonds is 8. The van der Waals surface area contributed by atoms with Crippen LogP contribution in [0.4, 0.5) is 17.6 Å². The van der Waals surface area contributed by atoms with Crippen molar-refractivity contribution in [1.82, 2.24) is 10.2 Å². The van der Waals surface area contributed by atoms with E-state index in [9.17, 15) is 23.1 Å². The summed E-state index contributed by atoms with van der Waals surface area (Å²) in [6.45, 7) is 2.61. The number of likely N-dealkylation sites (N-methyl/N-ethyl adjacent to an activating group) is 1. The Morgan fingerprint density at radius 1 is 1.18 bits per heavy atom. The normalized spacial score (nSPS) is 18.6. The SMILES string of the molecule is CCNC(CC(F)N1CCC(O)(c2ccc(Cl)c(C(F)(F)F)c2)CC1)C(=O)c1ccccc1. The number of ketones is 1. The number of nitrogens with zero attached hydrogens (tertiary/aromatic N) is 1. The van der Waals surface area contributed by atoms with Crippen LogP contribution in [0.15, 0.2) is 48.5 Å². The maximum absolute atomic E-state index is 15.2. The minimum absolute atomic E-state index is 0.0604. The molecule has 1 fully saturated rings. The van der Waals surface area contributed by atoms with Crippen molar-refractivity contribution in [2.24, 2.45) is 0 Å². The number of carbonyl (C=O) groups excluding carboxylic acids is 1. The van der Waals surface area contributed by atoms with E-state index in [0.29, 0.717) is 12.1 Å². The van der Waals surface area contributed by atoms with Gasteiger partial charge in [-0.3, -0.25) is 9.69 Å². The molecule has 2 aromatic carbocycles. The van der Waals surface area contributed by atoms with Gasteiger partial charge in [-0.05, 0) is 37.1 Å². The number of aliphatic hydroxyl groups is 1. The summed E-state index contributed by atoms with van der Waals surface area (Å²) in [6, 6.07) is 11.3. The largest absolute Gasteiger partial charge is 0.417 e. The molecule has 1 saturated heterocycles. The molecule has 1 aliphatic heterocycles. The second-order valence-electron chi connectivity index (χ2n) is 8.27. The average Bonchev–Trinajstić information content (AvgIpc) is 2.78. The van der Waals surface area contributed by atoms with E-state index >= 15 is 4.39 Å². The summed E-state index contributed by atoms with van der Waals surface area (Å²) in [5.41, 5.74) is -1.92. The predicted molar refractivity (Wildman–Crippen MR) is 119 cm³/mol. The van der Waals surface area contributed by atoms with Gasteiger partial charge >= 0.3 is 6.18 Å². The fraction of sp³-hybridized carbons (Fsp3) is 0.458. The van der Waals surface area contributed by atoms with E-state index in [1.165, 1.54) is 11.0 Å². The van der Waals surface area contributed by atoms with Gasteiger partial charge in [0.2, 0.25) is 0 Å². The molecule has 0 aliphatic carbocycles. The molecule has 2 aromatic rings. The number of piperidine rings is 1. The van der Waals surface area contributed by atoms with Crippen LogP contribution in [0.25, 0.3) is 0 Å². The van der Waals surface area contributed by atoms with Crippen molar-refractivity contribution in [2.75, 3.05) is 19.6 Å². The van der Waals surface area contributed by atoms with Gasteiger partial charge in [0.25, 0.3) is 0 Å². The van der Waals surface area contributed by atoms with Crippen molar-refractivity contribution in [3.05, 3.63) is 70.2 Å². The zero-order valence-electron chi connectivity index (χ0n) is 18.2. The lowest BCUT2D eigenvalue weighted by Crippen LogP contribution is -2.48. The van der Waals surface area contributed by atoms with Crippen LogP contribution in [0.3, 0.4) is 0 Å². The smallest absolute Gasteiger partial charge is 0.385 e. The summed E-state index contributed by atoms with van der Waals surface area (Å²) in [6.07, 6.45) is -6.03. The highest BCUT2D eigenvalue weighted by molar-refractivity contribution is 6.31. The molecule has 1 heterocycles. The molecule has 9 heteroatoms. The Balaban J connectivity index is 1.66. The predicted octanol–water partition coefficient (Wildman–Crippen LogP) is 5.19. The molecular weight excluding hydrogens is 460 g/mol. The summed E-state index contributed by atoms with van der Waals surface area (Å²) >= 11 is 5.68. The van der Waals surface area contributed by atoms with Crippen molar-refractivity contribution in [3.8, 4) is 0 Å². The van der Waals surface area contributed by atoms with Gasteiger partial charge in [-0.25, -0.2) is 4.39 Å². The number of carbonyl (C=O) groups is 1. The van der Waals surface area contributed by atoms with E-state index in [-0.39, 0.29) is 43.7 Å². The first-order valence-corrected chi connectivity index (χ1v) is 11.2. The van der Waals surface area contributed by atoms with Crippen LogP contribution in [0.5, 0.6) is 0 Å². The highest BCUT2D eigenvalue weighted by atomic mass is 35.5. The summed E-state index contributed by atoms with van der Waals surface area (Å²) in [5, 5.41) is 13.6. The second kappa shape index (κ2) is 10.5. The Kier molecular flexibility index (Phi) is 8.16. The fourth-order valence-electron chi connectivity index (χ4n) is 4.17. The van der Waals surface area contributed by atoms with Crippen LogP contribution < -0.4 is 5.32 Å². The quantitative estimate of drug-likeness (QED) is 0.306. The topological polar surface area (TPSA) is 52.6 Å². The van der Waals surface area contributed by atoms with Crippen molar-refractivity contribution in [2.45, 2.75) is 50.3 Å². The van der Waals surface area contributed by atoms with Crippen LogP contribution in [0.1, 0.15) is 47.7 Å². The third-order valence-corrected chi connectivity index (χ3v) is 6.42. The van der Waals surface area contributed by atoms with Gasteiger partial charge < -0.3 is 10.4 Å². The van der Waals surface area contributed by atoms with Crippen molar-refractivity contribution in [1.29, 1.82) is 0 Å².